The number of halogens is 1. The molecule has 1 heterocycles. The Kier molecular flexibility index (Phi) is 5.45. The minimum Gasteiger partial charge on any atom is -0.296 e. The fraction of sp³-hybridized carbons (Fsp3) is 0.118. The highest BCUT2D eigenvalue weighted by Gasteiger charge is 2.27. The van der Waals surface area contributed by atoms with Gasteiger partial charge in [-0.2, -0.15) is 8.42 Å². The van der Waals surface area contributed by atoms with Crippen LogP contribution in [0, 0.1) is 6.92 Å². The zero-order chi connectivity index (χ0) is 19.6. The number of amides is 1. The van der Waals surface area contributed by atoms with Crippen LogP contribution in [0.25, 0.3) is 0 Å². The van der Waals surface area contributed by atoms with Gasteiger partial charge in [0.15, 0.2) is 0 Å². The van der Waals surface area contributed by atoms with E-state index in [9.17, 15) is 13.2 Å². The Labute approximate surface area is 165 Å². The van der Waals surface area contributed by atoms with Crippen LogP contribution in [0.4, 0.5) is 10.8 Å². The molecule has 0 saturated carbocycles. The van der Waals surface area contributed by atoms with Gasteiger partial charge >= 0.3 is 0 Å². The summed E-state index contributed by atoms with van der Waals surface area (Å²) < 4.78 is 26.5. The SMILES string of the molecule is Cc1ccccc1N(C)S(=O)(=O)c1nnc(NC(=O)c2cccc(Cl)c2)s1. The first-order chi connectivity index (χ1) is 12.8. The van der Waals surface area contributed by atoms with Crippen LogP contribution in [0.1, 0.15) is 15.9 Å². The van der Waals surface area contributed by atoms with Crippen molar-refractivity contribution in [2.24, 2.45) is 0 Å². The summed E-state index contributed by atoms with van der Waals surface area (Å²) in [5.74, 6) is -0.454. The zero-order valence-corrected chi connectivity index (χ0v) is 16.8. The number of hydrogen-bond donors (Lipinski definition) is 1. The summed E-state index contributed by atoms with van der Waals surface area (Å²) in [6.07, 6.45) is 0. The first-order valence-corrected chi connectivity index (χ1v) is 10.4. The molecule has 2 aromatic carbocycles. The molecule has 1 aromatic heterocycles. The Bertz CT molecular complexity index is 1100. The number of anilines is 2. The molecule has 3 rings (SSSR count). The van der Waals surface area contributed by atoms with E-state index in [0.29, 0.717) is 16.3 Å². The van der Waals surface area contributed by atoms with E-state index in [1.165, 1.54) is 13.1 Å². The second kappa shape index (κ2) is 7.63. The van der Waals surface area contributed by atoms with E-state index in [0.717, 1.165) is 21.2 Å². The zero-order valence-electron chi connectivity index (χ0n) is 14.4. The van der Waals surface area contributed by atoms with E-state index < -0.39 is 15.9 Å². The van der Waals surface area contributed by atoms with Gasteiger partial charge in [0, 0.05) is 17.6 Å². The summed E-state index contributed by atoms with van der Waals surface area (Å²) in [6.45, 7) is 1.82. The largest absolute Gasteiger partial charge is 0.296 e. The Morgan fingerprint density at radius 2 is 1.89 bits per heavy atom. The molecule has 0 saturated heterocycles. The van der Waals surface area contributed by atoms with Gasteiger partial charge in [-0.3, -0.25) is 14.4 Å². The monoisotopic (exact) mass is 422 g/mol. The van der Waals surface area contributed by atoms with Crippen molar-refractivity contribution < 1.29 is 13.2 Å². The second-order valence-electron chi connectivity index (χ2n) is 5.60. The lowest BCUT2D eigenvalue weighted by molar-refractivity contribution is 0.102. The normalized spacial score (nSPS) is 11.2. The molecule has 10 heteroatoms. The summed E-state index contributed by atoms with van der Waals surface area (Å²) in [5.41, 5.74) is 1.68. The highest BCUT2D eigenvalue weighted by atomic mass is 35.5. The lowest BCUT2D eigenvalue weighted by Gasteiger charge is -2.19. The van der Waals surface area contributed by atoms with E-state index in [-0.39, 0.29) is 9.47 Å². The molecule has 0 atom stereocenters. The van der Waals surface area contributed by atoms with Gasteiger partial charge in [-0.25, -0.2) is 0 Å². The van der Waals surface area contributed by atoms with E-state index in [1.54, 1.807) is 30.3 Å². The molecule has 3 aromatic rings. The number of rotatable bonds is 5. The van der Waals surface area contributed by atoms with Crippen LogP contribution in [-0.4, -0.2) is 31.6 Å². The fourth-order valence-corrected chi connectivity index (χ4v) is 4.83. The second-order valence-corrected chi connectivity index (χ2v) is 9.15. The number of benzene rings is 2. The topological polar surface area (TPSA) is 92.3 Å². The number of nitrogens with zero attached hydrogens (tertiary/aromatic N) is 3. The van der Waals surface area contributed by atoms with Gasteiger partial charge in [-0.1, -0.05) is 47.2 Å². The maximum Gasteiger partial charge on any atom is 0.293 e. The molecule has 140 valence electrons. The third-order valence-corrected chi connectivity index (χ3v) is 6.94. The van der Waals surface area contributed by atoms with Crippen LogP contribution in [0.5, 0.6) is 0 Å². The Hall–Kier alpha value is -2.49. The van der Waals surface area contributed by atoms with Crippen molar-refractivity contribution >= 4 is 49.7 Å². The van der Waals surface area contributed by atoms with Gasteiger partial charge < -0.3 is 0 Å². The standard InChI is InChI=1S/C17H15ClN4O3S2/c1-11-6-3-4-9-14(11)22(2)27(24,25)17-21-20-16(26-17)19-15(23)12-7-5-8-13(18)10-12/h3-10H,1-2H3,(H,19,20,23). The van der Waals surface area contributed by atoms with Gasteiger partial charge in [-0.15, -0.1) is 10.2 Å². The number of carbonyl (C=O) groups is 1. The van der Waals surface area contributed by atoms with Crippen LogP contribution >= 0.6 is 22.9 Å². The molecule has 0 bridgehead atoms. The third kappa shape index (κ3) is 4.10. The average Bonchev–Trinajstić information content (AvgIpc) is 3.11. The van der Waals surface area contributed by atoms with Crippen LogP contribution < -0.4 is 9.62 Å². The quantitative estimate of drug-likeness (QED) is 0.634. The number of hydrogen-bond acceptors (Lipinski definition) is 6. The first kappa shape index (κ1) is 19.3. The average molecular weight is 423 g/mol. The van der Waals surface area contributed by atoms with Crippen molar-refractivity contribution in [2.75, 3.05) is 16.7 Å². The van der Waals surface area contributed by atoms with Crippen molar-refractivity contribution in [3.63, 3.8) is 0 Å². The van der Waals surface area contributed by atoms with E-state index in [4.69, 9.17) is 11.6 Å². The number of carbonyl (C=O) groups excluding carboxylic acids is 1. The fourth-order valence-electron chi connectivity index (χ4n) is 2.33. The highest BCUT2D eigenvalue weighted by Crippen LogP contribution is 2.28. The van der Waals surface area contributed by atoms with Crippen molar-refractivity contribution in [1.82, 2.24) is 10.2 Å². The minimum atomic E-state index is -3.90. The Morgan fingerprint density at radius 3 is 2.59 bits per heavy atom. The highest BCUT2D eigenvalue weighted by molar-refractivity contribution is 7.94. The van der Waals surface area contributed by atoms with Crippen molar-refractivity contribution in [1.29, 1.82) is 0 Å². The van der Waals surface area contributed by atoms with E-state index >= 15 is 0 Å². The molecule has 1 N–H and O–H groups in total. The Balaban J connectivity index is 1.82. The number of aryl methyl sites for hydroxylation is 1. The van der Waals surface area contributed by atoms with Gasteiger partial charge in [0.05, 0.1) is 5.69 Å². The molecule has 0 aliphatic rings. The van der Waals surface area contributed by atoms with Crippen LogP contribution in [0.15, 0.2) is 52.9 Å². The molecule has 0 radical (unpaired) electrons. The maximum atomic E-state index is 12.8. The maximum absolute atomic E-state index is 12.8. The van der Waals surface area contributed by atoms with Crippen molar-refractivity contribution in [3.8, 4) is 0 Å². The predicted molar refractivity (Wildman–Crippen MR) is 106 cm³/mol. The smallest absolute Gasteiger partial charge is 0.293 e. The molecule has 7 nitrogen and oxygen atoms in total. The van der Waals surface area contributed by atoms with E-state index in [2.05, 4.69) is 15.5 Å². The van der Waals surface area contributed by atoms with Gasteiger partial charge in [0.1, 0.15) is 0 Å². The molecule has 0 spiro atoms. The van der Waals surface area contributed by atoms with Crippen molar-refractivity contribution in [3.05, 3.63) is 64.7 Å². The van der Waals surface area contributed by atoms with Crippen LogP contribution in [0.2, 0.25) is 5.02 Å². The van der Waals surface area contributed by atoms with Gasteiger partial charge in [0.2, 0.25) is 5.13 Å². The number of aromatic nitrogens is 2. The predicted octanol–water partition coefficient (Wildman–Crippen LogP) is 3.58. The summed E-state index contributed by atoms with van der Waals surface area (Å²) in [4.78, 5) is 12.2. The molecule has 1 amide bonds. The molecular formula is C17H15ClN4O3S2. The van der Waals surface area contributed by atoms with Crippen molar-refractivity contribution in [2.45, 2.75) is 11.3 Å². The number of sulfonamides is 1. The number of nitrogens with one attached hydrogen (secondary N) is 1. The summed E-state index contributed by atoms with van der Waals surface area (Å²) in [7, 11) is -2.45. The van der Waals surface area contributed by atoms with Crippen LogP contribution in [0.3, 0.4) is 0 Å². The number of para-hydroxylation sites is 1. The first-order valence-electron chi connectivity index (χ1n) is 7.74. The molecule has 0 unspecified atom stereocenters. The molecular weight excluding hydrogens is 408 g/mol. The van der Waals surface area contributed by atoms with E-state index in [1.807, 2.05) is 19.1 Å². The summed E-state index contributed by atoms with van der Waals surface area (Å²) >= 11 is 6.65. The van der Waals surface area contributed by atoms with Gasteiger partial charge in [0.25, 0.3) is 20.3 Å². The molecule has 0 aliphatic heterocycles. The van der Waals surface area contributed by atoms with Gasteiger partial charge in [-0.05, 0) is 36.8 Å². The summed E-state index contributed by atoms with van der Waals surface area (Å²) in [6, 6.07) is 13.5. The minimum absolute atomic E-state index is 0.0803. The summed E-state index contributed by atoms with van der Waals surface area (Å²) in [5, 5.41) is 10.5. The molecule has 27 heavy (non-hydrogen) atoms. The lowest BCUT2D eigenvalue weighted by atomic mass is 10.2. The molecule has 0 fully saturated rings. The lowest BCUT2D eigenvalue weighted by Crippen LogP contribution is -2.27. The third-order valence-electron chi connectivity index (χ3n) is 3.75. The Morgan fingerprint density at radius 1 is 1.15 bits per heavy atom. The van der Waals surface area contributed by atoms with Crippen LogP contribution in [-0.2, 0) is 10.0 Å². The molecule has 0 aliphatic carbocycles.